The number of nitrogens with one attached hydrogen (secondary N) is 1. The summed E-state index contributed by atoms with van der Waals surface area (Å²) in [5.41, 5.74) is 0. The van der Waals surface area contributed by atoms with Gasteiger partial charge in [0, 0.05) is 0 Å². The number of hydrogen-bond donors (Lipinski definition) is 1. The molecule has 1 nitrogen and oxygen atoms in total. The molecule has 17 heavy (non-hydrogen) atoms. The summed E-state index contributed by atoms with van der Waals surface area (Å²) in [5, 5.41) is 3.62. The highest BCUT2D eigenvalue weighted by Gasteiger charge is 2.08. The minimum Gasteiger partial charge on any atom is -0.316 e. The number of rotatable bonds is 10. The summed E-state index contributed by atoms with van der Waals surface area (Å²) in [7, 11) is 0. The summed E-state index contributed by atoms with van der Waals surface area (Å²) in [6.45, 7) is 4.75. The summed E-state index contributed by atoms with van der Waals surface area (Å²) in [4.78, 5) is 0. The fraction of sp³-hybridized carbons (Fsp3) is 0.875. The lowest BCUT2D eigenvalue weighted by Gasteiger charge is -2.18. The highest BCUT2D eigenvalue weighted by atomic mass is 14.8. The fourth-order valence-electron chi connectivity index (χ4n) is 2.55. The van der Waals surface area contributed by atoms with Gasteiger partial charge in [-0.25, -0.2) is 0 Å². The van der Waals surface area contributed by atoms with Gasteiger partial charge in [-0.3, -0.25) is 0 Å². The third kappa shape index (κ3) is 8.43. The van der Waals surface area contributed by atoms with Gasteiger partial charge in [-0.05, 0) is 44.7 Å². The van der Waals surface area contributed by atoms with Crippen molar-refractivity contribution in [1.29, 1.82) is 0 Å². The van der Waals surface area contributed by atoms with Crippen molar-refractivity contribution in [3.63, 3.8) is 0 Å². The van der Waals surface area contributed by atoms with Crippen molar-refractivity contribution in [3.8, 4) is 0 Å². The van der Waals surface area contributed by atoms with Crippen molar-refractivity contribution < 1.29 is 0 Å². The minimum atomic E-state index is 0.907. The lowest BCUT2D eigenvalue weighted by molar-refractivity contribution is 0.435. The molecule has 1 N–H and O–H groups in total. The van der Waals surface area contributed by atoms with Gasteiger partial charge in [0.05, 0.1) is 0 Å². The van der Waals surface area contributed by atoms with Gasteiger partial charge in [0.25, 0.3) is 0 Å². The van der Waals surface area contributed by atoms with Crippen molar-refractivity contribution in [2.45, 2.75) is 71.1 Å². The maximum Gasteiger partial charge on any atom is -0.00174 e. The van der Waals surface area contributed by atoms with Gasteiger partial charge in [0.15, 0.2) is 0 Å². The monoisotopic (exact) mass is 237 g/mol. The molecule has 100 valence electrons. The molecular weight excluding hydrogens is 206 g/mol. The Morgan fingerprint density at radius 3 is 2.47 bits per heavy atom. The molecule has 0 fully saturated rings. The van der Waals surface area contributed by atoms with E-state index in [1.54, 1.807) is 0 Å². The van der Waals surface area contributed by atoms with Crippen molar-refractivity contribution in [2.24, 2.45) is 5.92 Å². The second-order valence-electron chi connectivity index (χ2n) is 5.48. The van der Waals surface area contributed by atoms with Gasteiger partial charge in [-0.15, -0.1) is 0 Å². The predicted molar refractivity (Wildman–Crippen MR) is 77.3 cm³/mol. The van der Waals surface area contributed by atoms with E-state index in [9.17, 15) is 0 Å². The largest absolute Gasteiger partial charge is 0.316 e. The van der Waals surface area contributed by atoms with Crippen LogP contribution in [0, 0.1) is 5.92 Å². The second kappa shape index (κ2) is 10.8. The van der Waals surface area contributed by atoms with Crippen molar-refractivity contribution in [1.82, 2.24) is 5.32 Å². The third-order valence-electron chi connectivity index (χ3n) is 3.77. The highest BCUT2D eigenvalue weighted by Crippen LogP contribution is 2.16. The molecule has 1 heteroatoms. The van der Waals surface area contributed by atoms with Gasteiger partial charge in [-0.1, -0.05) is 57.6 Å². The third-order valence-corrected chi connectivity index (χ3v) is 3.77. The number of hydrogen-bond acceptors (Lipinski definition) is 1. The van der Waals surface area contributed by atoms with Crippen molar-refractivity contribution >= 4 is 0 Å². The average Bonchev–Trinajstić information content (AvgIpc) is 2.38. The highest BCUT2D eigenvalue weighted by molar-refractivity contribution is 4.90. The zero-order valence-electron chi connectivity index (χ0n) is 11.7. The summed E-state index contributed by atoms with van der Waals surface area (Å²) in [6.07, 6.45) is 18.6. The van der Waals surface area contributed by atoms with Crippen LogP contribution in [0.15, 0.2) is 12.2 Å². The van der Waals surface area contributed by atoms with E-state index < -0.39 is 0 Å². The Hall–Kier alpha value is -0.300. The maximum absolute atomic E-state index is 3.62. The molecule has 0 aromatic rings. The molecule has 1 rings (SSSR count). The molecule has 0 aromatic carbocycles. The summed E-state index contributed by atoms with van der Waals surface area (Å²) < 4.78 is 0. The Bertz CT molecular complexity index is 186. The van der Waals surface area contributed by atoms with Crippen LogP contribution in [0.25, 0.3) is 0 Å². The van der Waals surface area contributed by atoms with Crippen molar-refractivity contribution in [2.75, 3.05) is 13.1 Å². The molecule has 0 saturated carbocycles. The first-order valence-electron chi connectivity index (χ1n) is 7.79. The Morgan fingerprint density at radius 2 is 1.76 bits per heavy atom. The first-order chi connectivity index (χ1) is 8.43. The van der Waals surface area contributed by atoms with E-state index in [0.29, 0.717) is 0 Å². The fourth-order valence-corrected chi connectivity index (χ4v) is 2.55. The Labute approximate surface area is 108 Å². The summed E-state index contributed by atoms with van der Waals surface area (Å²) >= 11 is 0. The quantitative estimate of drug-likeness (QED) is 0.429. The van der Waals surface area contributed by atoms with Crippen LogP contribution in [0.1, 0.15) is 71.1 Å². The van der Waals surface area contributed by atoms with Gasteiger partial charge < -0.3 is 5.32 Å². The average molecular weight is 237 g/mol. The zero-order chi connectivity index (χ0) is 12.2. The number of unbranched alkanes of at least 4 members (excludes halogenated alkanes) is 6. The van der Waals surface area contributed by atoms with E-state index in [1.807, 2.05) is 0 Å². The van der Waals surface area contributed by atoms with Crippen LogP contribution in [0.5, 0.6) is 0 Å². The molecule has 0 aliphatic heterocycles. The first-order valence-corrected chi connectivity index (χ1v) is 7.79. The molecule has 0 radical (unpaired) electrons. The molecule has 1 atom stereocenters. The molecule has 1 aliphatic rings. The molecule has 1 unspecified atom stereocenters. The standard InChI is InChI=1S/C16H31N/c1-2-3-4-5-6-7-11-14-17-15-16-12-9-8-10-13-16/h8-9,16-17H,2-7,10-15H2,1H3. The van der Waals surface area contributed by atoms with E-state index in [0.717, 1.165) is 5.92 Å². The van der Waals surface area contributed by atoms with Crippen LogP contribution >= 0.6 is 0 Å². The Morgan fingerprint density at radius 1 is 1.00 bits per heavy atom. The molecule has 0 heterocycles. The molecule has 0 spiro atoms. The molecule has 1 aliphatic carbocycles. The van der Waals surface area contributed by atoms with Gasteiger partial charge in [0.1, 0.15) is 0 Å². The molecule has 0 amide bonds. The van der Waals surface area contributed by atoms with E-state index in [-0.39, 0.29) is 0 Å². The maximum atomic E-state index is 3.62. The van der Waals surface area contributed by atoms with Crippen LogP contribution in [-0.2, 0) is 0 Å². The SMILES string of the molecule is CCCCCCCCCNCC1CC=CCC1. The smallest absolute Gasteiger partial charge is 0.00174 e. The lowest BCUT2D eigenvalue weighted by Crippen LogP contribution is -2.24. The topological polar surface area (TPSA) is 12.0 Å². The van der Waals surface area contributed by atoms with Gasteiger partial charge in [-0.2, -0.15) is 0 Å². The molecular formula is C16H31N. The van der Waals surface area contributed by atoms with Gasteiger partial charge in [0.2, 0.25) is 0 Å². The second-order valence-corrected chi connectivity index (χ2v) is 5.48. The molecule has 0 aromatic heterocycles. The zero-order valence-corrected chi connectivity index (χ0v) is 11.7. The minimum absolute atomic E-state index is 0.907. The molecule has 0 saturated heterocycles. The van der Waals surface area contributed by atoms with Crippen LogP contribution in [0.3, 0.4) is 0 Å². The molecule has 0 bridgehead atoms. The summed E-state index contributed by atoms with van der Waals surface area (Å²) in [6, 6.07) is 0. The summed E-state index contributed by atoms with van der Waals surface area (Å²) in [5.74, 6) is 0.907. The Balaban J connectivity index is 1.76. The van der Waals surface area contributed by atoms with Crippen LogP contribution in [-0.4, -0.2) is 13.1 Å². The van der Waals surface area contributed by atoms with Crippen LogP contribution in [0.4, 0.5) is 0 Å². The van der Waals surface area contributed by atoms with E-state index >= 15 is 0 Å². The number of allylic oxidation sites excluding steroid dienone is 2. The van der Waals surface area contributed by atoms with E-state index in [1.165, 1.54) is 77.3 Å². The lowest BCUT2D eigenvalue weighted by atomic mass is 9.94. The normalized spacial score (nSPS) is 19.7. The van der Waals surface area contributed by atoms with Crippen LogP contribution in [0.2, 0.25) is 0 Å². The predicted octanol–water partition coefficient (Wildman–Crippen LogP) is 4.68. The van der Waals surface area contributed by atoms with E-state index in [2.05, 4.69) is 24.4 Å². The van der Waals surface area contributed by atoms with E-state index in [4.69, 9.17) is 0 Å². The van der Waals surface area contributed by atoms with Crippen LogP contribution < -0.4 is 5.32 Å². The van der Waals surface area contributed by atoms with Crippen molar-refractivity contribution in [3.05, 3.63) is 12.2 Å². The Kier molecular flexibility index (Phi) is 9.40. The first kappa shape index (κ1) is 14.8. The van der Waals surface area contributed by atoms with Gasteiger partial charge >= 0.3 is 0 Å².